The number of nitrogens with zero attached hydrogens (tertiary/aromatic N) is 1. The molecule has 2 N–H and O–H groups in total. The van der Waals surface area contributed by atoms with E-state index in [4.69, 9.17) is 10.6 Å². The molecule has 22 heavy (non-hydrogen) atoms. The van der Waals surface area contributed by atoms with Gasteiger partial charge in [0.05, 0.1) is 12.7 Å². The largest absolute Gasteiger partial charge is 0.497 e. The van der Waals surface area contributed by atoms with Crippen molar-refractivity contribution in [2.24, 2.45) is 5.90 Å². The summed E-state index contributed by atoms with van der Waals surface area (Å²) in [7, 11) is 1.65. The van der Waals surface area contributed by atoms with E-state index >= 15 is 0 Å². The summed E-state index contributed by atoms with van der Waals surface area (Å²) in [5, 5.41) is 1.06. The van der Waals surface area contributed by atoms with Crippen molar-refractivity contribution in [2.45, 2.75) is 6.54 Å². The average Bonchev–Trinajstić information content (AvgIpc) is 2.97. The molecule has 1 aromatic heterocycles. The Morgan fingerprint density at radius 3 is 2.59 bits per heavy atom. The zero-order valence-corrected chi connectivity index (χ0v) is 12.2. The highest BCUT2D eigenvalue weighted by Gasteiger charge is 2.09. The predicted molar refractivity (Wildman–Crippen MR) is 83.6 cm³/mol. The van der Waals surface area contributed by atoms with E-state index in [1.807, 2.05) is 42.6 Å². The Kier molecular flexibility index (Phi) is 3.80. The van der Waals surface area contributed by atoms with Crippen LogP contribution in [-0.2, 0) is 11.4 Å². The monoisotopic (exact) mass is 296 g/mol. The third-order valence-corrected chi connectivity index (χ3v) is 3.63. The average molecular weight is 296 g/mol. The number of rotatable bonds is 4. The summed E-state index contributed by atoms with van der Waals surface area (Å²) in [6.45, 7) is 0.703. The van der Waals surface area contributed by atoms with Crippen LogP contribution in [0.15, 0.2) is 54.7 Å². The molecule has 3 rings (SSSR count). The molecular weight excluding hydrogens is 280 g/mol. The maximum Gasteiger partial charge on any atom is 0.356 e. The maximum absolute atomic E-state index is 11.5. The molecule has 3 aromatic rings. The van der Waals surface area contributed by atoms with Crippen molar-refractivity contribution in [3.8, 4) is 5.75 Å². The van der Waals surface area contributed by atoms with Crippen LogP contribution in [0.5, 0.6) is 5.75 Å². The fourth-order valence-corrected chi connectivity index (χ4v) is 2.44. The summed E-state index contributed by atoms with van der Waals surface area (Å²) >= 11 is 0. The van der Waals surface area contributed by atoms with Crippen LogP contribution in [0.25, 0.3) is 10.9 Å². The van der Waals surface area contributed by atoms with Gasteiger partial charge in [-0.3, -0.25) is 0 Å². The maximum atomic E-state index is 11.5. The number of benzene rings is 2. The molecule has 0 spiro atoms. The molecule has 0 saturated heterocycles. The van der Waals surface area contributed by atoms with Crippen molar-refractivity contribution >= 4 is 16.9 Å². The van der Waals surface area contributed by atoms with E-state index in [1.54, 1.807) is 19.2 Å². The van der Waals surface area contributed by atoms with Gasteiger partial charge in [0.15, 0.2) is 0 Å². The van der Waals surface area contributed by atoms with E-state index in [1.165, 1.54) is 0 Å². The topological polar surface area (TPSA) is 66.5 Å². The van der Waals surface area contributed by atoms with Crippen LogP contribution < -0.4 is 10.6 Å². The molecule has 0 aliphatic rings. The van der Waals surface area contributed by atoms with Gasteiger partial charge in [-0.1, -0.05) is 18.2 Å². The van der Waals surface area contributed by atoms with E-state index < -0.39 is 5.97 Å². The molecule has 5 nitrogen and oxygen atoms in total. The van der Waals surface area contributed by atoms with Gasteiger partial charge in [0, 0.05) is 18.3 Å². The summed E-state index contributed by atoms with van der Waals surface area (Å²) in [5.41, 5.74) is 2.54. The molecule has 2 aromatic carbocycles. The molecule has 112 valence electrons. The first-order valence-electron chi connectivity index (χ1n) is 6.84. The third-order valence-electron chi connectivity index (χ3n) is 3.63. The number of ether oxygens (including phenoxy) is 1. The highest BCUT2D eigenvalue weighted by molar-refractivity contribution is 5.94. The summed E-state index contributed by atoms with van der Waals surface area (Å²) in [5.74, 6) is 5.23. The summed E-state index contributed by atoms with van der Waals surface area (Å²) in [6, 6.07) is 15.3. The molecule has 5 heteroatoms. The molecule has 0 aliphatic carbocycles. The van der Waals surface area contributed by atoms with Gasteiger partial charge in [0.2, 0.25) is 0 Å². The van der Waals surface area contributed by atoms with Gasteiger partial charge >= 0.3 is 5.97 Å². The zero-order chi connectivity index (χ0) is 15.5. The number of aromatic nitrogens is 1. The van der Waals surface area contributed by atoms with Gasteiger partial charge in [-0.05, 0) is 41.3 Å². The predicted octanol–water partition coefficient (Wildman–Crippen LogP) is 2.73. The van der Waals surface area contributed by atoms with Crippen molar-refractivity contribution in [1.82, 2.24) is 4.57 Å². The van der Waals surface area contributed by atoms with Crippen molar-refractivity contribution in [3.63, 3.8) is 0 Å². The number of carbonyl (C=O) groups is 1. The quantitative estimate of drug-likeness (QED) is 0.752. The lowest BCUT2D eigenvalue weighted by molar-refractivity contribution is 0.0503. The molecule has 0 unspecified atom stereocenters. The third kappa shape index (κ3) is 2.66. The molecule has 1 heterocycles. The summed E-state index contributed by atoms with van der Waals surface area (Å²) in [4.78, 5) is 15.8. The molecule has 0 saturated carbocycles. The van der Waals surface area contributed by atoms with E-state index in [0.29, 0.717) is 12.1 Å². The number of methoxy groups -OCH3 is 1. The van der Waals surface area contributed by atoms with E-state index in [0.717, 1.165) is 22.2 Å². The minimum absolute atomic E-state index is 0.435. The van der Waals surface area contributed by atoms with Gasteiger partial charge in [-0.2, -0.15) is 5.90 Å². The van der Waals surface area contributed by atoms with Crippen LogP contribution in [0.2, 0.25) is 0 Å². The van der Waals surface area contributed by atoms with E-state index in [-0.39, 0.29) is 0 Å². The van der Waals surface area contributed by atoms with Gasteiger partial charge in [-0.25, -0.2) is 4.79 Å². The lowest BCUT2D eigenvalue weighted by Crippen LogP contribution is -2.10. The number of hydrogen-bond donors (Lipinski definition) is 1. The Morgan fingerprint density at radius 1 is 1.14 bits per heavy atom. The molecule has 0 atom stereocenters. The fourth-order valence-electron chi connectivity index (χ4n) is 2.44. The van der Waals surface area contributed by atoms with Crippen molar-refractivity contribution < 1.29 is 14.4 Å². The Balaban J connectivity index is 1.94. The summed E-state index contributed by atoms with van der Waals surface area (Å²) < 4.78 is 7.23. The number of fused-ring (bicyclic) bond motifs is 1. The lowest BCUT2D eigenvalue weighted by atomic mass is 10.1. The minimum atomic E-state index is -0.543. The lowest BCUT2D eigenvalue weighted by Gasteiger charge is -2.07. The first-order chi connectivity index (χ1) is 10.7. The zero-order valence-electron chi connectivity index (χ0n) is 12.2. The summed E-state index contributed by atoms with van der Waals surface area (Å²) in [6.07, 6.45) is 1.99. The van der Waals surface area contributed by atoms with Crippen molar-refractivity contribution in [2.75, 3.05) is 7.11 Å². The number of hydrogen-bond acceptors (Lipinski definition) is 4. The van der Waals surface area contributed by atoms with Gasteiger partial charge in [0.25, 0.3) is 0 Å². The van der Waals surface area contributed by atoms with Crippen LogP contribution in [-0.4, -0.2) is 17.6 Å². The Bertz CT molecular complexity index is 806. The molecule has 0 bridgehead atoms. The Hall–Kier alpha value is -2.79. The van der Waals surface area contributed by atoms with Crippen LogP contribution in [0.4, 0.5) is 0 Å². The van der Waals surface area contributed by atoms with Gasteiger partial charge in [-0.15, -0.1) is 0 Å². The Morgan fingerprint density at radius 2 is 1.91 bits per heavy atom. The van der Waals surface area contributed by atoms with E-state index in [9.17, 15) is 4.79 Å². The first kappa shape index (κ1) is 14.2. The number of carbonyl (C=O) groups excluding carboxylic acids is 1. The normalized spacial score (nSPS) is 10.6. The highest BCUT2D eigenvalue weighted by atomic mass is 16.7. The molecule has 0 radical (unpaired) electrons. The van der Waals surface area contributed by atoms with Crippen molar-refractivity contribution in [3.05, 3.63) is 65.9 Å². The fraction of sp³-hybridized carbons (Fsp3) is 0.118. The second-order valence-corrected chi connectivity index (χ2v) is 4.97. The van der Waals surface area contributed by atoms with E-state index in [2.05, 4.69) is 9.40 Å². The number of nitrogens with two attached hydrogens (primary N) is 1. The molecule has 0 aliphatic heterocycles. The Labute approximate surface area is 127 Å². The van der Waals surface area contributed by atoms with Crippen LogP contribution >= 0.6 is 0 Å². The van der Waals surface area contributed by atoms with Crippen molar-refractivity contribution in [1.29, 1.82) is 0 Å². The minimum Gasteiger partial charge on any atom is -0.497 e. The van der Waals surface area contributed by atoms with Crippen LogP contribution in [0, 0.1) is 0 Å². The smallest absolute Gasteiger partial charge is 0.356 e. The molecule has 0 fully saturated rings. The van der Waals surface area contributed by atoms with Crippen LogP contribution in [0.1, 0.15) is 15.9 Å². The molecule has 0 amide bonds. The van der Waals surface area contributed by atoms with Crippen LogP contribution in [0.3, 0.4) is 0 Å². The standard InChI is InChI=1S/C17H16N2O3/c1-21-15-6-2-12(3-7-15)11-19-9-8-13-4-5-14(10-16(13)19)17(20)22-18/h2-10H,11,18H2,1H3. The van der Waals surface area contributed by atoms with Gasteiger partial charge < -0.3 is 14.1 Å². The SMILES string of the molecule is COc1ccc(Cn2ccc3ccc(C(=O)ON)cc32)cc1. The first-order valence-corrected chi connectivity index (χ1v) is 6.84. The highest BCUT2D eigenvalue weighted by Crippen LogP contribution is 2.20. The molecular formula is C17H16N2O3. The van der Waals surface area contributed by atoms with Gasteiger partial charge in [0.1, 0.15) is 5.75 Å². The second-order valence-electron chi connectivity index (χ2n) is 4.97. The second kappa shape index (κ2) is 5.91.